The van der Waals surface area contributed by atoms with Gasteiger partial charge in [-0.05, 0) is 18.1 Å². The molecule has 3 N–H and O–H groups in total. The van der Waals surface area contributed by atoms with Crippen molar-refractivity contribution in [3.8, 4) is 16.9 Å². The third-order valence-electron chi connectivity index (χ3n) is 3.05. The zero-order valence-electron chi connectivity index (χ0n) is 11.4. The van der Waals surface area contributed by atoms with Gasteiger partial charge in [0.25, 0.3) is 5.91 Å². The first-order valence-electron chi connectivity index (χ1n) is 6.57. The Bertz CT molecular complexity index is 570. The van der Waals surface area contributed by atoms with Gasteiger partial charge in [0.15, 0.2) is 6.10 Å². The van der Waals surface area contributed by atoms with Crippen molar-refractivity contribution in [3.63, 3.8) is 0 Å². The van der Waals surface area contributed by atoms with Crippen LogP contribution in [0.15, 0.2) is 54.6 Å². The number of nitrogens with two attached hydrogens (primary N) is 1. The zero-order valence-corrected chi connectivity index (χ0v) is 11.4. The van der Waals surface area contributed by atoms with Crippen LogP contribution < -0.4 is 16.0 Å². The number of hydrazine groups is 1. The van der Waals surface area contributed by atoms with E-state index >= 15 is 0 Å². The molecule has 0 fully saturated rings. The molecule has 0 radical (unpaired) electrons. The summed E-state index contributed by atoms with van der Waals surface area (Å²) in [5, 5.41) is 0. The molecule has 2 aromatic rings. The van der Waals surface area contributed by atoms with E-state index in [1.165, 1.54) is 0 Å². The van der Waals surface area contributed by atoms with E-state index in [4.69, 9.17) is 10.6 Å². The predicted molar refractivity (Wildman–Crippen MR) is 78.9 cm³/mol. The first-order chi connectivity index (χ1) is 9.76. The first kappa shape index (κ1) is 14.1. The van der Waals surface area contributed by atoms with Crippen LogP contribution in [0.3, 0.4) is 0 Å². The lowest BCUT2D eigenvalue weighted by Crippen LogP contribution is -2.41. The molecule has 0 aliphatic carbocycles. The van der Waals surface area contributed by atoms with E-state index < -0.39 is 6.10 Å². The molecule has 104 valence electrons. The van der Waals surface area contributed by atoms with Crippen LogP contribution in [-0.2, 0) is 4.79 Å². The molecule has 0 aliphatic heterocycles. The summed E-state index contributed by atoms with van der Waals surface area (Å²) in [4.78, 5) is 11.6. The molecule has 2 rings (SSSR count). The molecule has 1 unspecified atom stereocenters. The van der Waals surface area contributed by atoms with Crippen molar-refractivity contribution in [2.45, 2.75) is 19.4 Å². The number of amides is 1. The molecular formula is C16H18N2O2. The fourth-order valence-electron chi connectivity index (χ4n) is 1.99. The van der Waals surface area contributed by atoms with Gasteiger partial charge in [-0.2, -0.15) is 0 Å². The second-order valence-corrected chi connectivity index (χ2v) is 4.39. The summed E-state index contributed by atoms with van der Waals surface area (Å²) in [5.41, 5.74) is 4.13. The highest BCUT2D eigenvalue weighted by atomic mass is 16.5. The highest BCUT2D eigenvalue weighted by Crippen LogP contribution is 2.30. The van der Waals surface area contributed by atoms with Crippen LogP contribution in [0.1, 0.15) is 13.3 Å². The van der Waals surface area contributed by atoms with Crippen LogP contribution in [0.2, 0.25) is 0 Å². The monoisotopic (exact) mass is 270 g/mol. The van der Waals surface area contributed by atoms with E-state index in [-0.39, 0.29) is 5.91 Å². The molecule has 0 bridgehead atoms. The van der Waals surface area contributed by atoms with Gasteiger partial charge in [-0.3, -0.25) is 10.2 Å². The van der Waals surface area contributed by atoms with Gasteiger partial charge in [0.1, 0.15) is 5.75 Å². The van der Waals surface area contributed by atoms with Gasteiger partial charge in [0.05, 0.1) is 0 Å². The molecule has 1 atom stereocenters. The highest BCUT2D eigenvalue weighted by molar-refractivity contribution is 5.81. The van der Waals surface area contributed by atoms with Crippen molar-refractivity contribution < 1.29 is 9.53 Å². The summed E-state index contributed by atoms with van der Waals surface area (Å²) in [6.07, 6.45) is -0.0449. The lowest BCUT2D eigenvalue weighted by atomic mass is 10.0. The van der Waals surface area contributed by atoms with Crippen molar-refractivity contribution in [1.82, 2.24) is 5.43 Å². The highest BCUT2D eigenvalue weighted by Gasteiger charge is 2.18. The Labute approximate surface area is 118 Å². The van der Waals surface area contributed by atoms with E-state index in [1.807, 2.05) is 61.5 Å². The standard InChI is InChI=1S/C16H18N2O2/c1-2-14(16(19)18-17)20-15-11-7-6-10-13(15)12-8-4-3-5-9-12/h3-11,14H,2,17H2,1H3,(H,18,19). The Morgan fingerprint density at radius 3 is 2.45 bits per heavy atom. The first-order valence-corrected chi connectivity index (χ1v) is 6.57. The number of rotatable bonds is 5. The van der Waals surface area contributed by atoms with Crippen LogP contribution in [0.25, 0.3) is 11.1 Å². The number of carbonyl (C=O) groups is 1. The summed E-state index contributed by atoms with van der Waals surface area (Å²) in [6.45, 7) is 1.88. The SMILES string of the molecule is CCC(Oc1ccccc1-c1ccccc1)C(=O)NN. The smallest absolute Gasteiger partial charge is 0.274 e. The Morgan fingerprint density at radius 1 is 1.15 bits per heavy atom. The molecule has 2 aromatic carbocycles. The number of para-hydroxylation sites is 1. The molecule has 0 saturated carbocycles. The van der Waals surface area contributed by atoms with E-state index in [1.54, 1.807) is 0 Å². The number of benzene rings is 2. The van der Waals surface area contributed by atoms with E-state index in [2.05, 4.69) is 5.43 Å². The molecule has 0 saturated heterocycles. The fraction of sp³-hybridized carbons (Fsp3) is 0.188. The summed E-state index contributed by atoms with van der Waals surface area (Å²) < 4.78 is 5.81. The molecule has 1 amide bonds. The Kier molecular flexibility index (Phi) is 4.74. The van der Waals surface area contributed by atoms with Gasteiger partial charge in [-0.15, -0.1) is 0 Å². The molecule has 0 aliphatic rings. The maximum Gasteiger partial charge on any atom is 0.274 e. The number of ether oxygens (including phenoxy) is 1. The molecular weight excluding hydrogens is 252 g/mol. The maximum absolute atomic E-state index is 11.6. The summed E-state index contributed by atoms with van der Waals surface area (Å²) in [5.74, 6) is 5.52. The zero-order chi connectivity index (χ0) is 14.4. The minimum atomic E-state index is -0.593. The maximum atomic E-state index is 11.6. The minimum absolute atomic E-state index is 0.324. The average Bonchev–Trinajstić information content (AvgIpc) is 2.53. The minimum Gasteiger partial charge on any atom is -0.480 e. The number of hydrogen-bond donors (Lipinski definition) is 2. The van der Waals surface area contributed by atoms with Crippen molar-refractivity contribution in [2.75, 3.05) is 0 Å². The third kappa shape index (κ3) is 3.16. The molecule has 0 aromatic heterocycles. The Hall–Kier alpha value is -2.33. The Balaban J connectivity index is 2.31. The van der Waals surface area contributed by atoms with Crippen LogP contribution >= 0.6 is 0 Å². The van der Waals surface area contributed by atoms with Gasteiger partial charge in [0.2, 0.25) is 0 Å². The van der Waals surface area contributed by atoms with Crippen molar-refractivity contribution in [1.29, 1.82) is 0 Å². The van der Waals surface area contributed by atoms with Crippen molar-refractivity contribution >= 4 is 5.91 Å². The third-order valence-corrected chi connectivity index (χ3v) is 3.05. The molecule has 0 heterocycles. The summed E-state index contributed by atoms with van der Waals surface area (Å²) in [6, 6.07) is 17.6. The van der Waals surface area contributed by atoms with Crippen molar-refractivity contribution in [3.05, 3.63) is 54.6 Å². The Morgan fingerprint density at radius 2 is 1.80 bits per heavy atom. The van der Waals surface area contributed by atoms with Crippen molar-refractivity contribution in [2.24, 2.45) is 5.84 Å². The molecule has 4 heteroatoms. The second-order valence-electron chi connectivity index (χ2n) is 4.39. The van der Waals surface area contributed by atoms with Crippen LogP contribution in [0.5, 0.6) is 5.75 Å². The van der Waals surface area contributed by atoms with Crippen LogP contribution in [0, 0.1) is 0 Å². The van der Waals surface area contributed by atoms with E-state index in [0.29, 0.717) is 12.2 Å². The summed E-state index contributed by atoms with van der Waals surface area (Å²) >= 11 is 0. The van der Waals surface area contributed by atoms with E-state index in [0.717, 1.165) is 11.1 Å². The van der Waals surface area contributed by atoms with Gasteiger partial charge < -0.3 is 4.74 Å². The lowest BCUT2D eigenvalue weighted by molar-refractivity contribution is -0.128. The van der Waals surface area contributed by atoms with Crippen LogP contribution in [-0.4, -0.2) is 12.0 Å². The summed E-state index contributed by atoms with van der Waals surface area (Å²) in [7, 11) is 0. The van der Waals surface area contributed by atoms with Gasteiger partial charge in [-0.1, -0.05) is 55.5 Å². The number of nitrogens with one attached hydrogen (secondary N) is 1. The topological polar surface area (TPSA) is 64.3 Å². The lowest BCUT2D eigenvalue weighted by Gasteiger charge is -2.18. The molecule has 4 nitrogen and oxygen atoms in total. The largest absolute Gasteiger partial charge is 0.480 e. The fourth-order valence-corrected chi connectivity index (χ4v) is 1.99. The number of hydrogen-bond acceptors (Lipinski definition) is 3. The average molecular weight is 270 g/mol. The molecule has 0 spiro atoms. The van der Waals surface area contributed by atoms with Gasteiger partial charge in [-0.25, -0.2) is 5.84 Å². The van der Waals surface area contributed by atoms with Gasteiger partial charge in [0, 0.05) is 5.56 Å². The van der Waals surface area contributed by atoms with Gasteiger partial charge >= 0.3 is 0 Å². The van der Waals surface area contributed by atoms with E-state index in [9.17, 15) is 4.79 Å². The van der Waals surface area contributed by atoms with Crippen LogP contribution in [0.4, 0.5) is 0 Å². The molecule has 20 heavy (non-hydrogen) atoms. The predicted octanol–water partition coefficient (Wildman–Crippen LogP) is 2.50. The number of carbonyl (C=O) groups excluding carboxylic acids is 1. The second kappa shape index (κ2) is 6.73. The quantitative estimate of drug-likeness (QED) is 0.498. The normalized spacial score (nSPS) is 11.7.